The molecule has 6 heteroatoms. The van der Waals surface area contributed by atoms with Gasteiger partial charge < -0.3 is 15.2 Å². The first-order chi connectivity index (χ1) is 10.0. The average molecular weight is 327 g/mol. The molecule has 0 fully saturated rings. The van der Waals surface area contributed by atoms with E-state index in [1.54, 1.807) is 35.6 Å². The first-order valence-corrected chi connectivity index (χ1v) is 8.02. The minimum atomic E-state index is -0.579. The van der Waals surface area contributed by atoms with Crippen LogP contribution in [0.2, 0.25) is 5.02 Å². The second-order valence-corrected chi connectivity index (χ2v) is 6.20. The third-order valence-corrected chi connectivity index (χ3v) is 4.32. The monoisotopic (exact) mass is 326 g/mol. The molecule has 2 rings (SSSR count). The maximum atomic E-state index is 9.94. The molecule has 4 nitrogen and oxygen atoms in total. The highest BCUT2D eigenvalue weighted by atomic mass is 35.5. The fraction of sp³-hybridized carbons (Fsp3) is 0.400. The number of aliphatic hydroxyl groups is 1. The van der Waals surface area contributed by atoms with Gasteiger partial charge in [0.2, 0.25) is 0 Å². The van der Waals surface area contributed by atoms with E-state index in [0.717, 1.165) is 10.7 Å². The van der Waals surface area contributed by atoms with Gasteiger partial charge in [0.25, 0.3) is 0 Å². The lowest BCUT2D eigenvalue weighted by atomic mass is 10.3. The Morgan fingerprint density at radius 1 is 1.38 bits per heavy atom. The van der Waals surface area contributed by atoms with Gasteiger partial charge in [0.15, 0.2) is 0 Å². The summed E-state index contributed by atoms with van der Waals surface area (Å²) in [5, 5.41) is 16.9. The molecule has 114 valence electrons. The Morgan fingerprint density at radius 2 is 2.10 bits per heavy atom. The van der Waals surface area contributed by atoms with Gasteiger partial charge in [-0.05, 0) is 38.1 Å². The topological polar surface area (TPSA) is 54.4 Å². The lowest BCUT2D eigenvalue weighted by Crippen LogP contribution is -2.33. The quantitative estimate of drug-likeness (QED) is 0.820. The summed E-state index contributed by atoms with van der Waals surface area (Å²) in [5.74, 6) is 0.696. The van der Waals surface area contributed by atoms with Crippen LogP contribution in [0.15, 0.2) is 29.6 Å². The van der Waals surface area contributed by atoms with Crippen molar-refractivity contribution in [3.8, 4) is 5.75 Å². The lowest BCUT2D eigenvalue weighted by molar-refractivity contribution is 0.104. The number of aryl methyl sites for hydroxylation is 1. The molecular formula is C15H19ClN2O2S. The van der Waals surface area contributed by atoms with Crippen molar-refractivity contribution in [2.75, 3.05) is 13.2 Å². The van der Waals surface area contributed by atoms with Crippen molar-refractivity contribution in [3.63, 3.8) is 0 Å². The van der Waals surface area contributed by atoms with E-state index >= 15 is 0 Å². The van der Waals surface area contributed by atoms with Crippen LogP contribution >= 0.6 is 22.9 Å². The van der Waals surface area contributed by atoms with Crippen molar-refractivity contribution in [3.05, 3.63) is 45.4 Å². The molecule has 1 heterocycles. The fourth-order valence-corrected chi connectivity index (χ4v) is 2.71. The smallest absolute Gasteiger partial charge is 0.119 e. The number of rotatable bonds is 7. The minimum Gasteiger partial charge on any atom is -0.491 e. The van der Waals surface area contributed by atoms with Crippen molar-refractivity contribution in [1.82, 2.24) is 10.3 Å². The molecule has 0 saturated carbocycles. The van der Waals surface area contributed by atoms with E-state index in [4.69, 9.17) is 16.3 Å². The van der Waals surface area contributed by atoms with Gasteiger partial charge in [0, 0.05) is 22.6 Å². The molecule has 0 spiro atoms. The highest BCUT2D eigenvalue weighted by Crippen LogP contribution is 2.18. The van der Waals surface area contributed by atoms with E-state index in [1.165, 1.54) is 0 Å². The summed E-state index contributed by atoms with van der Waals surface area (Å²) in [6, 6.07) is 7.20. The van der Waals surface area contributed by atoms with Gasteiger partial charge in [-0.2, -0.15) is 0 Å². The number of nitrogens with one attached hydrogen (secondary N) is 1. The van der Waals surface area contributed by atoms with Gasteiger partial charge >= 0.3 is 0 Å². The summed E-state index contributed by atoms with van der Waals surface area (Å²) in [6.07, 6.45) is -0.579. The molecule has 1 aromatic heterocycles. The highest BCUT2D eigenvalue weighted by molar-refractivity contribution is 7.09. The second kappa shape index (κ2) is 7.75. The van der Waals surface area contributed by atoms with E-state index in [1.807, 2.05) is 19.2 Å². The Labute approximate surface area is 133 Å². The number of aliphatic hydroxyl groups excluding tert-OH is 1. The Balaban J connectivity index is 1.72. The third-order valence-electron chi connectivity index (χ3n) is 2.92. The molecule has 21 heavy (non-hydrogen) atoms. The number of nitrogens with zero attached hydrogens (tertiary/aromatic N) is 1. The molecule has 0 bridgehead atoms. The van der Waals surface area contributed by atoms with Gasteiger partial charge in [-0.25, -0.2) is 4.98 Å². The van der Waals surface area contributed by atoms with Crippen molar-refractivity contribution in [2.45, 2.75) is 26.0 Å². The van der Waals surface area contributed by atoms with Gasteiger partial charge in [0.1, 0.15) is 23.5 Å². The van der Waals surface area contributed by atoms with Gasteiger partial charge in [0.05, 0.1) is 6.04 Å². The van der Waals surface area contributed by atoms with E-state index in [9.17, 15) is 5.11 Å². The second-order valence-electron chi connectivity index (χ2n) is 4.88. The van der Waals surface area contributed by atoms with Crippen LogP contribution in [0.4, 0.5) is 0 Å². The Morgan fingerprint density at radius 3 is 2.71 bits per heavy atom. The number of benzene rings is 1. The predicted molar refractivity (Wildman–Crippen MR) is 86.2 cm³/mol. The summed E-state index contributed by atoms with van der Waals surface area (Å²) in [6.45, 7) is 4.69. The molecule has 0 aliphatic carbocycles. The number of thiazole rings is 1. The van der Waals surface area contributed by atoms with Crippen LogP contribution in [-0.4, -0.2) is 29.3 Å². The lowest BCUT2D eigenvalue weighted by Gasteiger charge is -2.16. The first-order valence-electron chi connectivity index (χ1n) is 6.76. The zero-order chi connectivity index (χ0) is 15.2. The third kappa shape index (κ3) is 5.28. The Bertz CT molecular complexity index is 559. The van der Waals surface area contributed by atoms with Crippen molar-refractivity contribution >= 4 is 22.9 Å². The van der Waals surface area contributed by atoms with Crippen LogP contribution in [0, 0.1) is 6.92 Å². The fourth-order valence-electron chi connectivity index (χ4n) is 1.75. The number of halogens is 1. The normalized spacial score (nSPS) is 13.9. The predicted octanol–water partition coefficient (Wildman–Crippen LogP) is 3.20. The van der Waals surface area contributed by atoms with E-state index in [-0.39, 0.29) is 12.6 Å². The molecule has 0 aliphatic rings. The number of ether oxygens (including phenoxy) is 1. The molecule has 0 saturated heterocycles. The van der Waals surface area contributed by atoms with Gasteiger partial charge in [-0.15, -0.1) is 11.3 Å². The summed E-state index contributed by atoms with van der Waals surface area (Å²) in [5.41, 5.74) is 1.02. The van der Waals surface area contributed by atoms with Crippen LogP contribution in [0.3, 0.4) is 0 Å². The molecule has 2 unspecified atom stereocenters. The molecule has 0 amide bonds. The van der Waals surface area contributed by atoms with Crippen LogP contribution in [-0.2, 0) is 0 Å². The largest absolute Gasteiger partial charge is 0.491 e. The summed E-state index contributed by atoms with van der Waals surface area (Å²) in [7, 11) is 0. The maximum absolute atomic E-state index is 9.94. The number of hydrogen-bond acceptors (Lipinski definition) is 5. The van der Waals surface area contributed by atoms with E-state index in [2.05, 4.69) is 10.3 Å². The van der Waals surface area contributed by atoms with Crippen molar-refractivity contribution in [2.24, 2.45) is 0 Å². The summed E-state index contributed by atoms with van der Waals surface area (Å²) in [4.78, 5) is 4.42. The first kappa shape index (κ1) is 16.2. The van der Waals surface area contributed by atoms with E-state index < -0.39 is 6.10 Å². The van der Waals surface area contributed by atoms with Crippen LogP contribution in [0.25, 0.3) is 0 Å². The molecule has 2 N–H and O–H groups in total. The van der Waals surface area contributed by atoms with Gasteiger partial charge in [-0.1, -0.05) is 11.6 Å². The Hall–Kier alpha value is -1.14. The molecule has 0 aliphatic heterocycles. The van der Waals surface area contributed by atoms with Crippen LogP contribution in [0.5, 0.6) is 5.75 Å². The molecular weight excluding hydrogens is 308 g/mol. The number of aromatic nitrogens is 1. The molecule has 1 aromatic carbocycles. The minimum absolute atomic E-state index is 0.119. The van der Waals surface area contributed by atoms with Crippen LogP contribution in [0.1, 0.15) is 23.7 Å². The number of hydrogen-bond donors (Lipinski definition) is 2. The average Bonchev–Trinajstić information content (AvgIpc) is 2.91. The highest BCUT2D eigenvalue weighted by Gasteiger charge is 2.12. The van der Waals surface area contributed by atoms with E-state index in [0.29, 0.717) is 17.3 Å². The summed E-state index contributed by atoms with van der Waals surface area (Å²) >= 11 is 7.42. The van der Waals surface area contributed by atoms with Crippen molar-refractivity contribution in [1.29, 1.82) is 0 Å². The van der Waals surface area contributed by atoms with Gasteiger partial charge in [-0.3, -0.25) is 0 Å². The summed E-state index contributed by atoms with van der Waals surface area (Å²) < 4.78 is 5.50. The SMILES string of the molecule is Cc1csc(C(C)NCC(O)COc2ccc(Cl)cc2)n1. The van der Waals surface area contributed by atoms with Crippen molar-refractivity contribution < 1.29 is 9.84 Å². The standard InChI is InChI=1S/C15H19ClN2O2S/c1-10-9-21-15(18-10)11(2)17-7-13(19)8-20-14-5-3-12(16)4-6-14/h3-6,9,11,13,17,19H,7-8H2,1-2H3. The molecule has 2 aromatic rings. The molecule has 0 radical (unpaired) electrons. The zero-order valence-corrected chi connectivity index (χ0v) is 13.6. The van der Waals surface area contributed by atoms with Crippen LogP contribution < -0.4 is 10.1 Å². The zero-order valence-electron chi connectivity index (χ0n) is 12.0. The maximum Gasteiger partial charge on any atom is 0.119 e. The molecule has 2 atom stereocenters. The Kier molecular flexibility index (Phi) is 5.99.